The van der Waals surface area contributed by atoms with Crippen molar-refractivity contribution >= 4 is 17.3 Å². The molecule has 228 valence electrons. The highest BCUT2D eigenvalue weighted by atomic mass is 19.4. The molecular formula is C29H34F4N4O5. The number of carbonyl (C=O) groups excluding carboxylic acids is 1. The van der Waals surface area contributed by atoms with Crippen molar-refractivity contribution in [2.75, 3.05) is 44.6 Å². The Kier molecular flexibility index (Phi) is 8.61. The molecule has 1 aliphatic carbocycles. The lowest BCUT2D eigenvalue weighted by Gasteiger charge is -2.38. The van der Waals surface area contributed by atoms with E-state index in [1.807, 2.05) is 6.92 Å². The minimum atomic E-state index is -4.83. The van der Waals surface area contributed by atoms with E-state index < -0.39 is 28.0 Å². The van der Waals surface area contributed by atoms with Crippen molar-refractivity contribution in [3.05, 3.63) is 63.5 Å². The van der Waals surface area contributed by atoms with E-state index in [2.05, 4.69) is 10.2 Å². The van der Waals surface area contributed by atoms with Gasteiger partial charge in [-0.3, -0.25) is 19.8 Å². The highest BCUT2D eigenvalue weighted by Crippen LogP contribution is 2.38. The molecule has 1 saturated carbocycles. The van der Waals surface area contributed by atoms with E-state index >= 15 is 0 Å². The Bertz CT molecular complexity index is 1310. The monoisotopic (exact) mass is 594 g/mol. The fourth-order valence-corrected chi connectivity index (χ4v) is 6.11. The molecule has 0 bridgehead atoms. The topological polar surface area (TPSA) is 97.2 Å². The van der Waals surface area contributed by atoms with Gasteiger partial charge in [-0.2, -0.15) is 13.2 Å². The molecule has 0 aromatic heterocycles. The fourth-order valence-electron chi connectivity index (χ4n) is 6.11. The maximum Gasteiger partial charge on any atom is 0.423 e. The van der Waals surface area contributed by atoms with Crippen LogP contribution in [0.4, 0.5) is 28.9 Å². The molecular weight excluding hydrogens is 560 g/mol. The number of nitro groups is 1. The lowest BCUT2D eigenvalue weighted by atomic mass is 9.92. The van der Waals surface area contributed by atoms with Gasteiger partial charge in [-0.1, -0.05) is 0 Å². The van der Waals surface area contributed by atoms with Gasteiger partial charge in [0.15, 0.2) is 0 Å². The van der Waals surface area contributed by atoms with E-state index in [0.717, 1.165) is 23.4 Å². The van der Waals surface area contributed by atoms with E-state index in [1.165, 1.54) is 18.2 Å². The maximum atomic E-state index is 13.6. The first kappa shape index (κ1) is 30.0. The Morgan fingerprint density at radius 3 is 2.50 bits per heavy atom. The van der Waals surface area contributed by atoms with Gasteiger partial charge in [0.1, 0.15) is 29.3 Å². The number of anilines is 1. The second-order valence-corrected chi connectivity index (χ2v) is 11.6. The molecule has 3 aliphatic rings. The van der Waals surface area contributed by atoms with E-state index in [4.69, 9.17) is 9.47 Å². The number of amides is 1. The van der Waals surface area contributed by atoms with Gasteiger partial charge in [0.2, 0.25) is 5.91 Å². The molecule has 0 radical (unpaired) electrons. The number of fused-ring (bicyclic) bond motifs is 1. The number of nitrogens with zero attached hydrogens (tertiary/aromatic N) is 3. The predicted octanol–water partition coefficient (Wildman–Crippen LogP) is 5.03. The number of rotatable bonds is 8. The number of hydrogen-bond acceptors (Lipinski definition) is 7. The second-order valence-electron chi connectivity index (χ2n) is 11.6. The number of ether oxygens (including phenoxy) is 2. The predicted molar refractivity (Wildman–Crippen MR) is 146 cm³/mol. The summed E-state index contributed by atoms with van der Waals surface area (Å²) < 4.78 is 65.4. The van der Waals surface area contributed by atoms with Crippen molar-refractivity contribution < 1.29 is 36.8 Å². The van der Waals surface area contributed by atoms with Crippen LogP contribution in [0.1, 0.15) is 43.7 Å². The Balaban J connectivity index is 1.02. The molecule has 2 aliphatic heterocycles. The molecule has 2 fully saturated rings. The fraction of sp³-hybridized carbons (Fsp3) is 0.552. The third kappa shape index (κ3) is 7.12. The van der Waals surface area contributed by atoms with Crippen molar-refractivity contribution in [3.63, 3.8) is 0 Å². The minimum absolute atomic E-state index is 0.0260. The van der Waals surface area contributed by atoms with Crippen LogP contribution < -0.4 is 10.1 Å². The number of nitrogens with one attached hydrogen (secondary N) is 1. The van der Waals surface area contributed by atoms with Crippen LogP contribution in [0.3, 0.4) is 0 Å². The van der Waals surface area contributed by atoms with E-state index in [0.29, 0.717) is 64.8 Å². The van der Waals surface area contributed by atoms with Crippen LogP contribution in [0.25, 0.3) is 0 Å². The molecule has 42 heavy (non-hydrogen) atoms. The van der Waals surface area contributed by atoms with Crippen molar-refractivity contribution in [1.82, 2.24) is 9.80 Å². The molecule has 2 heterocycles. The van der Waals surface area contributed by atoms with Gasteiger partial charge in [-0.15, -0.1) is 0 Å². The lowest BCUT2D eigenvalue weighted by Crippen LogP contribution is -2.54. The Morgan fingerprint density at radius 1 is 1.12 bits per heavy atom. The van der Waals surface area contributed by atoms with Crippen LogP contribution in [-0.2, 0) is 22.1 Å². The number of alkyl halides is 3. The largest absolute Gasteiger partial charge is 0.486 e. The molecule has 1 saturated heterocycles. The van der Waals surface area contributed by atoms with Gasteiger partial charge in [0.25, 0.3) is 5.69 Å². The summed E-state index contributed by atoms with van der Waals surface area (Å²) in [7, 11) is 0. The standard InChI is InChI=1S/C29H34F4N4O5/c1-28(16-19-14-20(30)2-9-26(19)42-28)18-35-10-12-36(13-11-35)27(38)17-41-23-6-3-21(4-7-23)34-22-5-8-25(37(39)40)24(15-22)29(31,32)33/h2,5,8-9,14-15,21,23,34H,3-4,6-7,10-13,16-18H2,1H3/t21-,23-,28?. The van der Waals surface area contributed by atoms with Crippen molar-refractivity contribution in [1.29, 1.82) is 0 Å². The summed E-state index contributed by atoms with van der Waals surface area (Å²) in [5.74, 6) is 0.370. The average Bonchev–Trinajstić information content (AvgIpc) is 3.27. The van der Waals surface area contributed by atoms with Crippen molar-refractivity contribution in [2.24, 2.45) is 0 Å². The zero-order chi connectivity index (χ0) is 30.1. The highest BCUT2D eigenvalue weighted by Gasteiger charge is 2.39. The van der Waals surface area contributed by atoms with Crippen LogP contribution >= 0.6 is 0 Å². The van der Waals surface area contributed by atoms with Gasteiger partial charge in [-0.05, 0) is 62.9 Å². The smallest absolute Gasteiger partial charge is 0.423 e. The van der Waals surface area contributed by atoms with Gasteiger partial charge < -0.3 is 19.7 Å². The zero-order valence-corrected chi connectivity index (χ0v) is 23.3. The summed E-state index contributed by atoms with van der Waals surface area (Å²) in [6, 6.07) is 7.42. The second kappa shape index (κ2) is 12.0. The minimum Gasteiger partial charge on any atom is -0.486 e. The number of carbonyl (C=O) groups is 1. The van der Waals surface area contributed by atoms with Crippen LogP contribution in [0.5, 0.6) is 5.75 Å². The van der Waals surface area contributed by atoms with E-state index in [-0.39, 0.29) is 36.2 Å². The maximum absolute atomic E-state index is 13.6. The summed E-state index contributed by atoms with van der Waals surface area (Å²) in [6.07, 6.45) is -1.78. The Labute approximate surface area is 240 Å². The molecule has 1 unspecified atom stereocenters. The summed E-state index contributed by atoms with van der Waals surface area (Å²) in [5.41, 5.74) is -1.65. The first-order valence-electron chi connectivity index (χ1n) is 14.1. The molecule has 2 aromatic rings. The molecule has 1 N–H and O–H groups in total. The van der Waals surface area contributed by atoms with Crippen LogP contribution in [-0.4, -0.2) is 77.7 Å². The molecule has 1 atom stereocenters. The van der Waals surface area contributed by atoms with Gasteiger partial charge in [0, 0.05) is 62.5 Å². The molecule has 13 heteroatoms. The third-order valence-corrected chi connectivity index (χ3v) is 8.21. The summed E-state index contributed by atoms with van der Waals surface area (Å²) >= 11 is 0. The SMILES string of the molecule is CC1(CN2CCN(C(=O)CO[C@H]3CC[C@H](Nc4ccc([N+](=O)[O-])c(C(F)(F)F)c4)CC3)CC2)Cc2cc(F)ccc2O1. The number of piperazine rings is 1. The normalized spacial score (nSPS) is 24.6. The molecule has 1 amide bonds. The first-order valence-corrected chi connectivity index (χ1v) is 14.1. The number of benzene rings is 2. The van der Waals surface area contributed by atoms with Crippen LogP contribution in [0.15, 0.2) is 36.4 Å². The first-order chi connectivity index (χ1) is 19.9. The molecule has 2 aromatic carbocycles. The zero-order valence-electron chi connectivity index (χ0n) is 23.3. The van der Waals surface area contributed by atoms with Crippen molar-refractivity contribution in [2.45, 2.75) is 63.0 Å². The summed E-state index contributed by atoms with van der Waals surface area (Å²) in [5, 5.41) is 14.0. The highest BCUT2D eigenvalue weighted by molar-refractivity contribution is 5.77. The summed E-state index contributed by atoms with van der Waals surface area (Å²) in [6.45, 7) is 5.22. The van der Waals surface area contributed by atoms with Crippen LogP contribution in [0.2, 0.25) is 0 Å². The van der Waals surface area contributed by atoms with E-state index in [9.17, 15) is 32.5 Å². The number of halogens is 4. The van der Waals surface area contributed by atoms with Gasteiger partial charge in [0.05, 0.1) is 11.0 Å². The Hall–Kier alpha value is -3.45. The van der Waals surface area contributed by atoms with Gasteiger partial charge >= 0.3 is 6.18 Å². The molecule has 5 rings (SSSR count). The number of hydrogen-bond donors (Lipinski definition) is 1. The van der Waals surface area contributed by atoms with Crippen molar-refractivity contribution in [3.8, 4) is 5.75 Å². The summed E-state index contributed by atoms with van der Waals surface area (Å²) in [4.78, 5) is 26.8. The quantitative estimate of drug-likeness (QED) is 0.260. The van der Waals surface area contributed by atoms with Crippen LogP contribution in [0, 0.1) is 15.9 Å². The van der Waals surface area contributed by atoms with E-state index in [1.54, 1.807) is 11.0 Å². The molecule has 0 spiro atoms. The van der Waals surface area contributed by atoms with Gasteiger partial charge in [-0.25, -0.2) is 4.39 Å². The average molecular weight is 595 g/mol. The lowest BCUT2D eigenvalue weighted by molar-refractivity contribution is -0.388. The Morgan fingerprint density at radius 2 is 1.83 bits per heavy atom. The number of nitro benzene ring substituents is 1. The third-order valence-electron chi connectivity index (χ3n) is 8.21. The molecule has 9 nitrogen and oxygen atoms in total.